The predicted molar refractivity (Wildman–Crippen MR) is 77.4 cm³/mol. The Kier molecular flexibility index (Phi) is 5.56. The van der Waals surface area contributed by atoms with Gasteiger partial charge in [0.15, 0.2) is 0 Å². The number of rotatable bonds is 5. The molecule has 0 amide bonds. The summed E-state index contributed by atoms with van der Waals surface area (Å²) in [4.78, 5) is 12.0. The van der Waals surface area contributed by atoms with Gasteiger partial charge in [-0.2, -0.15) is 0 Å². The molecule has 1 aromatic rings. The molecule has 0 spiro atoms. The molecule has 3 unspecified atom stereocenters. The van der Waals surface area contributed by atoms with E-state index in [1.165, 1.54) is 7.11 Å². The van der Waals surface area contributed by atoms with E-state index in [1.807, 2.05) is 30.3 Å². The summed E-state index contributed by atoms with van der Waals surface area (Å²) in [6.45, 7) is 0. The second-order valence-corrected chi connectivity index (χ2v) is 5.25. The fourth-order valence-electron chi connectivity index (χ4n) is 2.81. The van der Waals surface area contributed by atoms with Crippen LogP contribution in [0.5, 0.6) is 0 Å². The van der Waals surface area contributed by atoms with Crippen molar-refractivity contribution in [1.82, 2.24) is 5.32 Å². The van der Waals surface area contributed by atoms with Crippen molar-refractivity contribution in [1.29, 1.82) is 0 Å². The number of ether oxygens (including phenoxy) is 2. The zero-order chi connectivity index (χ0) is 14.4. The number of carbonyl (C=O) groups is 1. The lowest BCUT2D eigenvalue weighted by atomic mass is 9.91. The summed E-state index contributed by atoms with van der Waals surface area (Å²) in [7, 11) is 3.18. The normalized spacial score (nSPS) is 24.1. The first-order valence-electron chi connectivity index (χ1n) is 7.16. The van der Waals surface area contributed by atoms with Gasteiger partial charge in [0.2, 0.25) is 0 Å². The summed E-state index contributed by atoms with van der Waals surface area (Å²) in [5, 5.41) is 3.43. The van der Waals surface area contributed by atoms with E-state index in [9.17, 15) is 4.79 Å². The molecule has 20 heavy (non-hydrogen) atoms. The van der Waals surface area contributed by atoms with E-state index >= 15 is 0 Å². The van der Waals surface area contributed by atoms with Gasteiger partial charge in [-0.05, 0) is 31.2 Å². The number of methoxy groups -OCH3 is 2. The number of hydrogen-bond acceptors (Lipinski definition) is 4. The van der Waals surface area contributed by atoms with Gasteiger partial charge in [-0.15, -0.1) is 0 Å². The third-order valence-corrected chi connectivity index (χ3v) is 3.93. The van der Waals surface area contributed by atoms with Crippen LogP contribution < -0.4 is 5.32 Å². The molecule has 2 rings (SSSR count). The minimum Gasteiger partial charge on any atom is -0.468 e. The molecular weight excluding hydrogens is 254 g/mol. The maximum Gasteiger partial charge on any atom is 0.327 e. The molecule has 1 fully saturated rings. The molecule has 4 heteroatoms. The third kappa shape index (κ3) is 3.81. The van der Waals surface area contributed by atoms with Gasteiger partial charge >= 0.3 is 5.97 Å². The highest BCUT2D eigenvalue weighted by atomic mass is 16.5. The van der Waals surface area contributed by atoms with Crippen LogP contribution in [0.1, 0.15) is 37.3 Å². The van der Waals surface area contributed by atoms with Crippen molar-refractivity contribution in [3.8, 4) is 0 Å². The Balaban J connectivity index is 2.06. The van der Waals surface area contributed by atoms with Crippen LogP contribution in [-0.4, -0.2) is 32.3 Å². The Morgan fingerprint density at radius 2 is 2.00 bits per heavy atom. The average molecular weight is 277 g/mol. The molecular formula is C16H23NO3. The molecule has 1 saturated carbocycles. The number of esters is 1. The molecule has 3 atom stereocenters. The van der Waals surface area contributed by atoms with Gasteiger partial charge in [0.05, 0.1) is 13.2 Å². The molecule has 0 heterocycles. The van der Waals surface area contributed by atoms with E-state index in [0.717, 1.165) is 31.2 Å². The van der Waals surface area contributed by atoms with Crippen LogP contribution in [0.3, 0.4) is 0 Å². The first-order valence-corrected chi connectivity index (χ1v) is 7.16. The number of carbonyl (C=O) groups excluding carboxylic acids is 1. The summed E-state index contributed by atoms with van der Waals surface area (Å²) in [6.07, 6.45) is 4.52. The van der Waals surface area contributed by atoms with Gasteiger partial charge in [0.25, 0.3) is 0 Å². The van der Waals surface area contributed by atoms with Crippen LogP contribution in [0.4, 0.5) is 0 Å². The SMILES string of the molecule is COC(=O)C(NC1CCCC(OC)C1)c1ccccc1. The molecule has 1 aliphatic rings. The van der Waals surface area contributed by atoms with Crippen LogP contribution in [-0.2, 0) is 14.3 Å². The molecule has 1 aliphatic carbocycles. The van der Waals surface area contributed by atoms with Crippen LogP contribution >= 0.6 is 0 Å². The average Bonchev–Trinajstić information content (AvgIpc) is 2.53. The second kappa shape index (κ2) is 7.41. The molecule has 4 nitrogen and oxygen atoms in total. The Bertz CT molecular complexity index is 421. The maximum absolute atomic E-state index is 12.0. The molecule has 1 aromatic carbocycles. The van der Waals surface area contributed by atoms with E-state index < -0.39 is 6.04 Å². The fraction of sp³-hybridized carbons (Fsp3) is 0.562. The Hall–Kier alpha value is -1.39. The summed E-state index contributed by atoms with van der Waals surface area (Å²) >= 11 is 0. The smallest absolute Gasteiger partial charge is 0.327 e. The van der Waals surface area contributed by atoms with Crippen molar-refractivity contribution in [3.63, 3.8) is 0 Å². The van der Waals surface area contributed by atoms with Crippen molar-refractivity contribution in [2.75, 3.05) is 14.2 Å². The first-order chi connectivity index (χ1) is 9.74. The van der Waals surface area contributed by atoms with Gasteiger partial charge in [-0.3, -0.25) is 5.32 Å². The van der Waals surface area contributed by atoms with E-state index in [0.29, 0.717) is 0 Å². The van der Waals surface area contributed by atoms with E-state index in [4.69, 9.17) is 9.47 Å². The van der Waals surface area contributed by atoms with Crippen molar-refractivity contribution < 1.29 is 14.3 Å². The largest absolute Gasteiger partial charge is 0.468 e. The highest BCUT2D eigenvalue weighted by molar-refractivity contribution is 5.77. The van der Waals surface area contributed by atoms with E-state index in [1.54, 1.807) is 7.11 Å². The van der Waals surface area contributed by atoms with Gasteiger partial charge in [-0.25, -0.2) is 4.79 Å². The zero-order valence-corrected chi connectivity index (χ0v) is 12.2. The molecule has 0 saturated heterocycles. The van der Waals surface area contributed by atoms with E-state index in [-0.39, 0.29) is 18.1 Å². The topological polar surface area (TPSA) is 47.6 Å². The van der Waals surface area contributed by atoms with Gasteiger partial charge in [0.1, 0.15) is 6.04 Å². The summed E-state index contributed by atoms with van der Waals surface area (Å²) in [5.74, 6) is -0.240. The maximum atomic E-state index is 12.0. The monoisotopic (exact) mass is 277 g/mol. The highest BCUT2D eigenvalue weighted by Crippen LogP contribution is 2.24. The minimum atomic E-state index is -0.401. The van der Waals surface area contributed by atoms with E-state index in [2.05, 4.69) is 5.32 Å². The lowest BCUT2D eigenvalue weighted by Gasteiger charge is -2.31. The van der Waals surface area contributed by atoms with Crippen molar-refractivity contribution in [2.24, 2.45) is 0 Å². The second-order valence-electron chi connectivity index (χ2n) is 5.25. The lowest BCUT2D eigenvalue weighted by molar-refractivity contribution is -0.143. The summed E-state index contributed by atoms with van der Waals surface area (Å²) in [5.41, 5.74) is 0.943. The standard InChI is InChI=1S/C16H23NO3/c1-19-14-10-6-9-13(11-14)17-15(16(18)20-2)12-7-4-3-5-8-12/h3-5,7-8,13-15,17H,6,9-11H2,1-2H3. The molecule has 0 radical (unpaired) electrons. The van der Waals surface area contributed by atoms with Gasteiger partial charge < -0.3 is 9.47 Å². The molecule has 0 bridgehead atoms. The Labute approximate surface area is 120 Å². The van der Waals surface area contributed by atoms with Gasteiger partial charge in [0, 0.05) is 13.2 Å². The Morgan fingerprint density at radius 1 is 1.25 bits per heavy atom. The summed E-state index contributed by atoms with van der Waals surface area (Å²) < 4.78 is 10.4. The van der Waals surface area contributed by atoms with Gasteiger partial charge in [-0.1, -0.05) is 30.3 Å². The first kappa shape index (κ1) is 15.0. The highest BCUT2D eigenvalue weighted by Gasteiger charge is 2.28. The van der Waals surface area contributed by atoms with Crippen molar-refractivity contribution >= 4 is 5.97 Å². The van der Waals surface area contributed by atoms with Crippen LogP contribution in [0.25, 0.3) is 0 Å². The third-order valence-electron chi connectivity index (χ3n) is 3.93. The molecule has 0 aliphatic heterocycles. The van der Waals surface area contributed by atoms with Crippen LogP contribution in [0.2, 0.25) is 0 Å². The predicted octanol–water partition coefficient (Wildman–Crippen LogP) is 2.45. The zero-order valence-electron chi connectivity index (χ0n) is 12.2. The summed E-state index contributed by atoms with van der Waals surface area (Å²) in [6, 6.07) is 9.60. The number of nitrogens with one attached hydrogen (secondary N) is 1. The van der Waals surface area contributed by atoms with Crippen molar-refractivity contribution in [3.05, 3.63) is 35.9 Å². The molecule has 1 N–H and O–H groups in total. The minimum absolute atomic E-state index is 0.240. The number of benzene rings is 1. The quantitative estimate of drug-likeness (QED) is 0.840. The number of hydrogen-bond donors (Lipinski definition) is 1. The Morgan fingerprint density at radius 3 is 2.65 bits per heavy atom. The van der Waals surface area contributed by atoms with Crippen LogP contribution in [0.15, 0.2) is 30.3 Å². The fourth-order valence-corrected chi connectivity index (χ4v) is 2.81. The van der Waals surface area contributed by atoms with Crippen molar-refractivity contribution in [2.45, 2.75) is 43.9 Å². The van der Waals surface area contributed by atoms with Crippen LogP contribution in [0, 0.1) is 0 Å². The molecule has 110 valence electrons. The lowest BCUT2D eigenvalue weighted by Crippen LogP contribution is -2.41. The molecule has 0 aromatic heterocycles.